The number of rotatable bonds is 9. The van der Waals surface area contributed by atoms with Crippen LogP contribution in [0.1, 0.15) is 0 Å². The Morgan fingerprint density at radius 3 is 1.57 bits per heavy atom. The van der Waals surface area contributed by atoms with Crippen molar-refractivity contribution in [3.8, 4) is 0 Å². The van der Waals surface area contributed by atoms with Crippen LogP contribution in [-0.2, 0) is 19.2 Å². The molecule has 0 aliphatic heterocycles. The van der Waals surface area contributed by atoms with Crippen LogP contribution in [-0.4, -0.2) is 62.8 Å². The Kier molecular flexibility index (Phi) is 8.19. The van der Waals surface area contributed by atoms with E-state index >= 15 is 0 Å². The van der Waals surface area contributed by atoms with Gasteiger partial charge in [-0.25, -0.2) is 0 Å². The van der Waals surface area contributed by atoms with Crippen LogP contribution in [0, 0.1) is 0 Å². The fourth-order valence-corrected chi connectivity index (χ4v) is 2.40. The van der Waals surface area contributed by atoms with Crippen LogP contribution in [0.2, 0.25) is 0 Å². The molecule has 0 aliphatic carbocycles. The van der Waals surface area contributed by atoms with E-state index < -0.39 is 31.1 Å². The zero-order valence-electron chi connectivity index (χ0n) is 10.8. The van der Waals surface area contributed by atoms with Crippen LogP contribution in [0.5, 0.6) is 0 Å². The molecule has 0 saturated heterocycles. The van der Waals surface area contributed by atoms with Crippen molar-refractivity contribution in [3.63, 3.8) is 0 Å². The molecule has 21 heavy (non-hydrogen) atoms. The topological polar surface area (TPSA) is 173 Å². The lowest BCUT2D eigenvalue weighted by molar-refractivity contribution is 0.348. The summed E-state index contributed by atoms with van der Waals surface area (Å²) in [5, 5.41) is 0. The summed E-state index contributed by atoms with van der Waals surface area (Å²) in [5.41, 5.74) is 0. The molecule has 0 heterocycles. The van der Waals surface area contributed by atoms with Crippen molar-refractivity contribution >= 4 is 25.3 Å². The molecular formula is C8H17NO9P2S. The summed E-state index contributed by atoms with van der Waals surface area (Å²) in [7, 11) is -12.9. The van der Waals surface area contributed by atoms with Crippen LogP contribution in [0.15, 0.2) is 23.8 Å². The summed E-state index contributed by atoms with van der Waals surface area (Å²) in [6.45, 7) is -0.339. The lowest BCUT2D eigenvalue weighted by Gasteiger charge is -2.17. The van der Waals surface area contributed by atoms with Gasteiger partial charge < -0.3 is 19.6 Å². The van der Waals surface area contributed by atoms with Gasteiger partial charge in [-0.05, 0) is 0 Å². The molecule has 0 aromatic rings. The zero-order chi connectivity index (χ0) is 16.7. The Bertz CT molecular complexity index is 539. The molecule has 0 rings (SSSR count). The van der Waals surface area contributed by atoms with E-state index in [0.29, 0.717) is 11.6 Å². The SMILES string of the molecule is O=P(O)(O)C=CCN(CC=CP(=O)(O)O)CCS(=O)(=O)O. The second kappa shape index (κ2) is 8.33. The van der Waals surface area contributed by atoms with Crippen molar-refractivity contribution in [2.75, 3.05) is 25.4 Å². The van der Waals surface area contributed by atoms with E-state index in [2.05, 4.69) is 0 Å². The largest absolute Gasteiger partial charge is 0.348 e. The highest BCUT2D eigenvalue weighted by Crippen LogP contribution is 2.36. The lowest BCUT2D eigenvalue weighted by Crippen LogP contribution is -2.29. The standard InChI is InChI=1S/C8H17NO9P2S/c10-19(11,12)6-1-3-9(5-8-21(16,17)18)4-2-7-20(13,14)15/h1-2,6-7H,3-5,8H2,(H2,10,11,12)(H2,13,14,15)(H,16,17,18). The minimum Gasteiger partial charge on any atom is -0.321 e. The zero-order valence-corrected chi connectivity index (χ0v) is 13.4. The Morgan fingerprint density at radius 2 is 1.29 bits per heavy atom. The van der Waals surface area contributed by atoms with Gasteiger partial charge >= 0.3 is 15.2 Å². The van der Waals surface area contributed by atoms with E-state index in [1.165, 1.54) is 4.90 Å². The molecule has 0 atom stereocenters. The van der Waals surface area contributed by atoms with Crippen molar-refractivity contribution < 1.29 is 41.7 Å². The van der Waals surface area contributed by atoms with Gasteiger partial charge in [-0.3, -0.25) is 18.6 Å². The van der Waals surface area contributed by atoms with Gasteiger partial charge in [-0.2, -0.15) is 8.42 Å². The summed E-state index contributed by atoms with van der Waals surface area (Å²) in [6.07, 6.45) is 2.19. The van der Waals surface area contributed by atoms with Gasteiger partial charge in [-0.1, -0.05) is 12.2 Å². The highest BCUT2D eigenvalue weighted by atomic mass is 32.2. The molecule has 0 fully saturated rings. The van der Waals surface area contributed by atoms with Crippen molar-refractivity contribution in [2.45, 2.75) is 0 Å². The van der Waals surface area contributed by atoms with Gasteiger partial charge in [0.05, 0.1) is 5.75 Å². The fraction of sp³-hybridized carbons (Fsp3) is 0.500. The quantitative estimate of drug-likeness (QED) is 0.266. The highest BCUT2D eigenvalue weighted by Gasteiger charge is 2.11. The van der Waals surface area contributed by atoms with Crippen molar-refractivity contribution in [2.24, 2.45) is 0 Å². The molecule has 0 amide bonds. The van der Waals surface area contributed by atoms with Gasteiger partial charge in [0.2, 0.25) is 0 Å². The van der Waals surface area contributed by atoms with E-state index in [0.717, 1.165) is 12.2 Å². The van der Waals surface area contributed by atoms with Crippen molar-refractivity contribution in [1.82, 2.24) is 4.90 Å². The van der Waals surface area contributed by atoms with E-state index in [1.54, 1.807) is 0 Å². The third kappa shape index (κ3) is 15.9. The molecule has 0 aromatic heterocycles. The van der Waals surface area contributed by atoms with Crippen LogP contribution in [0.4, 0.5) is 0 Å². The molecule has 0 radical (unpaired) electrons. The molecule has 124 valence electrons. The minimum atomic E-state index is -4.34. The van der Waals surface area contributed by atoms with Gasteiger partial charge in [0, 0.05) is 31.3 Å². The van der Waals surface area contributed by atoms with E-state index in [4.69, 9.17) is 24.1 Å². The second-order valence-electron chi connectivity index (χ2n) is 3.99. The summed E-state index contributed by atoms with van der Waals surface area (Å²) < 4.78 is 51.2. The molecule has 13 heteroatoms. The number of nitrogens with zero attached hydrogens (tertiary/aromatic N) is 1. The molecular weight excluding hydrogens is 348 g/mol. The molecule has 5 N–H and O–H groups in total. The highest BCUT2D eigenvalue weighted by molar-refractivity contribution is 7.85. The summed E-state index contributed by atoms with van der Waals surface area (Å²) >= 11 is 0. The van der Waals surface area contributed by atoms with Crippen molar-refractivity contribution in [1.29, 1.82) is 0 Å². The van der Waals surface area contributed by atoms with E-state index in [-0.39, 0.29) is 19.6 Å². The molecule has 0 bridgehead atoms. The summed E-state index contributed by atoms with van der Waals surface area (Å²) in [4.78, 5) is 35.8. The first-order valence-electron chi connectivity index (χ1n) is 5.42. The second-order valence-corrected chi connectivity index (χ2v) is 8.52. The Balaban J connectivity index is 4.69. The summed E-state index contributed by atoms with van der Waals surface area (Å²) in [5.74, 6) is 0.626. The molecule has 0 aromatic carbocycles. The predicted molar refractivity (Wildman–Crippen MR) is 75.2 cm³/mol. The first-order valence-corrected chi connectivity index (χ1v) is 10.4. The molecule has 0 unspecified atom stereocenters. The van der Waals surface area contributed by atoms with E-state index in [1.807, 2.05) is 0 Å². The van der Waals surface area contributed by atoms with Crippen LogP contribution in [0.25, 0.3) is 0 Å². The first-order chi connectivity index (χ1) is 9.29. The monoisotopic (exact) mass is 365 g/mol. The Morgan fingerprint density at radius 1 is 0.905 bits per heavy atom. The number of hydrogen-bond acceptors (Lipinski definition) is 5. The number of hydrogen-bond donors (Lipinski definition) is 5. The maximum atomic E-state index is 10.6. The lowest BCUT2D eigenvalue weighted by atomic mass is 10.4. The predicted octanol–water partition coefficient (Wildman–Crippen LogP) is -0.441. The van der Waals surface area contributed by atoms with Gasteiger partial charge in [-0.15, -0.1) is 0 Å². The van der Waals surface area contributed by atoms with Gasteiger partial charge in [0.25, 0.3) is 10.1 Å². The average molecular weight is 365 g/mol. The van der Waals surface area contributed by atoms with Gasteiger partial charge in [0.1, 0.15) is 0 Å². The van der Waals surface area contributed by atoms with E-state index in [9.17, 15) is 17.5 Å². The maximum Gasteiger partial charge on any atom is 0.348 e. The summed E-state index contributed by atoms with van der Waals surface area (Å²) in [6, 6.07) is 0. The fourth-order valence-electron chi connectivity index (χ4n) is 1.17. The average Bonchev–Trinajstić information content (AvgIpc) is 2.20. The van der Waals surface area contributed by atoms with Crippen LogP contribution in [0.3, 0.4) is 0 Å². The third-order valence-corrected chi connectivity index (χ3v) is 3.89. The molecule has 10 nitrogen and oxygen atoms in total. The Labute approximate surface area is 121 Å². The maximum absolute atomic E-state index is 10.6. The third-order valence-electron chi connectivity index (χ3n) is 1.99. The van der Waals surface area contributed by atoms with Gasteiger partial charge in [0.15, 0.2) is 0 Å². The van der Waals surface area contributed by atoms with Crippen LogP contribution >= 0.6 is 15.2 Å². The van der Waals surface area contributed by atoms with Crippen molar-refractivity contribution in [3.05, 3.63) is 23.8 Å². The first kappa shape index (κ1) is 20.6. The molecule has 0 saturated carbocycles. The Hall–Kier alpha value is -0.350. The molecule has 0 aliphatic rings. The minimum absolute atomic E-state index is 0.0773. The van der Waals surface area contributed by atoms with Crippen LogP contribution < -0.4 is 0 Å². The molecule has 0 spiro atoms. The smallest absolute Gasteiger partial charge is 0.321 e. The normalized spacial score (nSPS) is 14.6.